The van der Waals surface area contributed by atoms with Crippen molar-refractivity contribution >= 4 is 5.97 Å². The van der Waals surface area contributed by atoms with Gasteiger partial charge in [-0.3, -0.25) is 0 Å². The molecule has 0 fully saturated rings. The zero-order chi connectivity index (χ0) is 15.5. The smallest absolute Gasteiger partial charge is 0.335 e. The zero-order valence-corrected chi connectivity index (χ0v) is 11.5. The van der Waals surface area contributed by atoms with Crippen LogP contribution in [0.4, 0.5) is 0 Å². The molecule has 1 aromatic carbocycles. The van der Waals surface area contributed by atoms with Crippen LogP contribution >= 0.6 is 0 Å². The van der Waals surface area contributed by atoms with Crippen molar-refractivity contribution < 1.29 is 14.3 Å². The number of nitrogens with zero attached hydrogens (tertiary/aromatic N) is 1. The van der Waals surface area contributed by atoms with Crippen LogP contribution in [0.3, 0.4) is 0 Å². The van der Waals surface area contributed by atoms with Crippen LogP contribution in [0.25, 0.3) is 17.0 Å². The van der Waals surface area contributed by atoms with Crippen LogP contribution < -0.4 is 5.73 Å². The summed E-state index contributed by atoms with van der Waals surface area (Å²) in [5.74, 6) is 2.58. The Kier molecular flexibility index (Phi) is 3.42. The van der Waals surface area contributed by atoms with Crippen LogP contribution in [0, 0.1) is 12.0 Å². The Morgan fingerprint density at radius 3 is 2.55 bits per heavy atom. The normalized spacial score (nSPS) is 10.0. The molecule has 0 unspecified atom stereocenters. The molecule has 3 N–H and O–H groups in total. The summed E-state index contributed by atoms with van der Waals surface area (Å²) in [6.45, 7) is 0. The van der Waals surface area contributed by atoms with E-state index in [9.17, 15) is 4.79 Å². The molecular formula is C17H12N2O3. The molecule has 0 aliphatic heterocycles. The van der Waals surface area contributed by atoms with Gasteiger partial charge in [0.05, 0.1) is 23.0 Å². The highest BCUT2D eigenvalue weighted by atomic mass is 16.4. The minimum atomic E-state index is -0.954. The van der Waals surface area contributed by atoms with Crippen LogP contribution in [0.15, 0.2) is 59.5 Å². The molecule has 0 atom stereocenters. The quantitative estimate of drug-likeness (QED) is 0.574. The molecule has 22 heavy (non-hydrogen) atoms. The molecule has 0 saturated heterocycles. The summed E-state index contributed by atoms with van der Waals surface area (Å²) >= 11 is 0. The van der Waals surface area contributed by atoms with Gasteiger partial charge in [0.2, 0.25) is 0 Å². The minimum Gasteiger partial charge on any atom is -0.478 e. The van der Waals surface area contributed by atoms with E-state index in [2.05, 4.69) is 12.0 Å². The topological polar surface area (TPSA) is 81.4 Å². The summed E-state index contributed by atoms with van der Waals surface area (Å²) < 4.78 is 7.26. The number of carboxylic acid groups (broad SMARTS) is 1. The van der Waals surface area contributed by atoms with Gasteiger partial charge in [-0.25, -0.2) is 4.79 Å². The first-order valence-corrected chi connectivity index (χ1v) is 6.50. The molecule has 0 radical (unpaired) electrons. The Hall–Kier alpha value is -3.39. The van der Waals surface area contributed by atoms with E-state index in [1.54, 1.807) is 36.6 Å². The van der Waals surface area contributed by atoms with Gasteiger partial charge in [-0.2, -0.15) is 0 Å². The van der Waals surface area contributed by atoms with Gasteiger partial charge in [0.15, 0.2) is 0 Å². The van der Waals surface area contributed by atoms with E-state index in [1.807, 2.05) is 23.0 Å². The first kappa shape index (κ1) is 13.6. The van der Waals surface area contributed by atoms with Crippen LogP contribution in [0.5, 0.6) is 0 Å². The number of aromatic nitrogens is 1. The summed E-state index contributed by atoms with van der Waals surface area (Å²) in [5.41, 5.74) is 7.94. The number of nitrogens with two attached hydrogens (primary N) is 1. The fraction of sp³-hybridized carbons (Fsp3) is 0. The van der Waals surface area contributed by atoms with Gasteiger partial charge in [0.25, 0.3) is 0 Å². The summed E-state index contributed by atoms with van der Waals surface area (Å²) in [5, 5.41) is 8.94. The van der Waals surface area contributed by atoms with Crippen LogP contribution in [-0.2, 0) is 0 Å². The second-order valence-corrected chi connectivity index (χ2v) is 4.59. The highest BCUT2D eigenvalue weighted by molar-refractivity contribution is 5.87. The molecule has 0 bridgehead atoms. The largest absolute Gasteiger partial charge is 0.478 e. The fourth-order valence-electron chi connectivity index (χ4n) is 2.19. The molecule has 0 saturated carbocycles. The molecule has 2 heterocycles. The molecular weight excluding hydrogens is 280 g/mol. The first-order chi connectivity index (χ1) is 10.7. The third-order valence-corrected chi connectivity index (χ3v) is 3.23. The van der Waals surface area contributed by atoms with Crippen molar-refractivity contribution in [2.45, 2.75) is 0 Å². The lowest BCUT2D eigenvalue weighted by atomic mass is 10.1. The number of aromatic carboxylic acids is 1. The number of furan rings is 1. The summed E-state index contributed by atoms with van der Waals surface area (Å²) in [6, 6.07) is 12.6. The van der Waals surface area contributed by atoms with Crippen molar-refractivity contribution in [3.05, 3.63) is 66.2 Å². The average molecular weight is 292 g/mol. The highest BCUT2D eigenvalue weighted by Crippen LogP contribution is 2.26. The predicted molar refractivity (Wildman–Crippen MR) is 81.5 cm³/mol. The number of carboxylic acids is 1. The van der Waals surface area contributed by atoms with Gasteiger partial charge in [-0.15, -0.1) is 0 Å². The Morgan fingerprint density at radius 1 is 1.18 bits per heavy atom. The molecule has 3 aromatic rings. The maximum atomic E-state index is 10.9. The zero-order valence-electron chi connectivity index (χ0n) is 11.5. The van der Waals surface area contributed by atoms with Crippen molar-refractivity contribution in [1.29, 1.82) is 0 Å². The molecule has 0 aliphatic rings. The lowest BCUT2D eigenvalue weighted by Gasteiger charge is -2.02. The second kappa shape index (κ2) is 5.54. The van der Waals surface area contributed by atoms with Gasteiger partial charge < -0.3 is 19.8 Å². The molecule has 3 rings (SSSR count). The average Bonchev–Trinajstić information content (AvgIpc) is 3.16. The van der Waals surface area contributed by atoms with E-state index in [0.29, 0.717) is 5.76 Å². The SMILES string of the molecule is NC#Cc1cn(-c2ccc(C(=O)O)cc2)cc1-c1ccco1. The highest BCUT2D eigenvalue weighted by Gasteiger charge is 2.11. The van der Waals surface area contributed by atoms with Gasteiger partial charge >= 0.3 is 5.97 Å². The molecule has 108 valence electrons. The molecule has 0 spiro atoms. The summed E-state index contributed by atoms with van der Waals surface area (Å²) in [4.78, 5) is 10.9. The number of carbonyl (C=O) groups is 1. The Morgan fingerprint density at radius 2 is 1.95 bits per heavy atom. The number of hydrogen-bond donors (Lipinski definition) is 2. The Labute approximate surface area is 126 Å². The molecule has 0 amide bonds. The lowest BCUT2D eigenvalue weighted by Crippen LogP contribution is -1.97. The van der Waals surface area contributed by atoms with Crippen LogP contribution in [0.2, 0.25) is 0 Å². The van der Waals surface area contributed by atoms with Crippen molar-refractivity contribution in [3.8, 4) is 29.0 Å². The van der Waals surface area contributed by atoms with Gasteiger partial charge in [0.1, 0.15) is 5.76 Å². The van der Waals surface area contributed by atoms with E-state index in [1.165, 1.54) is 0 Å². The molecule has 2 aromatic heterocycles. The fourth-order valence-corrected chi connectivity index (χ4v) is 2.19. The third kappa shape index (κ3) is 2.45. The number of rotatable bonds is 3. The van der Waals surface area contributed by atoms with E-state index >= 15 is 0 Å². The van der Waals surface area contributed by atoms with Crippen molar-refractivity contribution in [3.63, 3.8) is 0 Å². The van der Waals surface area contributed by atoms with Crippen molar-refractivity contribution in [2.24, 2.45) is 5.73 Å². The summed E-state index contributed by atoms with van der Waals surface area (Å²) in [7, 11) is 0. The van der Waals surface area contributed by atoms with Gasteiger partial charge in [0, 0.05) is 24.1 Å². The minimum absolute atomic E-state index is 0.240. The lowest BCUT2D eigenvalue weighted by molar-refractivity contribution is 0.0697. The van der Waals surface area contributed by atoms with E-state index in [0.717, 1.165) is 16.8 Å². The predicted octanol–water partition coefficient (Wildman–Crippen LogP) is 2.70. The van der Waals surface area contributed by atoms with Crippen molar-refractivity contribution in [2.75, 3.05) is 0 Å². The maximum Gasteiger partial charge on any atom is 0.335 e. The van der Waals surface area contributed by atoms with Gasteiger partial charge in [-0.1, -0.05) is 0 Å². The third-order valence-electron chi connectivity index (χ3n) is 3.23. The first-order valence-electron chi connectivity index (χ1n) is 6.50. The van der Waals surface area contributed by atoms with Gasteiger partial charge in [-0.05, 0) is 42.3 Å². The van der Waals surface area contributed by atoms with Crippen LogP contribution in [-0.4, -0.2) is 15.6 Å². The molecule has 0 aliphatic carbocycles. The Bertz CT molecular complexity index is 863. The maximum absolute atomic E-state index is 10.9. The van der Waals surface area contributed by atoms with Crippen molar-refractivity contribution in [1.82, 2.24) is 4.57 Å². The van der Waals surface area contributed by atoms with E-state index in [-0.39, 0.29) is 5.56 Å². The summed E-state index contributed by atoms with van der Waals surface area (Å²) in [6.07, 6.45) is 5.29. The number of hydrogen-bond acceptors (Lipinski definition) is 3. The standard InChI is InChI=1S/C17H12N2O3/c18-8-7-13-10-19(11-15(13)16-2-1-9-22-16)14-5-3-12(4-6-14)17(20)21/h1-6,9-11H,18H2,(H,20,21). The molecule has 5 nitrogen and oxygen atoms in total. The monoisotopic (exact) mass is 292 g/mol. The Balaban J connectivity index is 2.06. The number of benzene rings is 1. The van der Waals surface area contributed by atoms with Crippen LogP contribution in [0.1, 0.15) is 15.9 Å². The second-order valence-electron chi connectivity index (χ2n) is 4.59. The molecule has 5 heteroatoms. The van der Waals surface area contributed by atoms with E-state index < -0.39 is 5.97 Å². The van der Waals surface area contributed by atoms with E-state index in [4.69, 9.17) is 15.3 Å².